The van der Waals surface area contributed by atoms with Gasteiger partial charge in [0.15, 0.2) is 0 Å². The number of benzene rings is 1. The molecule has 0 aliphatic heterocycles. The van der Waals surface area contributed by atoms with Crippen LogP contribution in [0.5, 0.6) is 0 Å². The molecule has 0 bridgehead atoms. The number of hydrogen-bond donors (Lipinski definition) is 2. The van der Waals surface area contributed by atoms with Crippen molar-refractivity contribution in [3.05, 3.63) is 47.5 Å². The number of hydrogen-bond acceptors (Lipinski definition) is 2. The van der Waals surface area contributed by atoms with Crippen LogP contribution >= 0.6 is 0 Å². The first-order valence-electron chi connectivity index (χ1n) is 5.78. The molecular formula is C14H17NO3. The molecule has 1 rings (SSSR count). The minimum atomic E-state index is -1.20. The second-order valence-electron chi connectivity index (χ2n) is 4.30. The fraction of sp³-hybridized carbons (Fsp3) is 0.286. The van der Waals surface area contributed by atoms with Gasteiger partial charge in [-0.15, -0.1) is 0 Å². The van der Waals surface area contributed by atoms with Crippen molar-refractivity contribution in [2.45, 2.75) is 20.4 Å². The van der Waals surface area contributed by atoms with Gasteiger partial charge in [-0.1, -0.05) is 50.3 Å². The lowest BCUT2D eigenvalue weighted by Gasteiger charge is -2.07. The lowest BCUT2D eigenvalue weighted by molar-refractivity contribution is -0.135. The van der Waals surface area contributed by atoms with Crippen molar-refractivity contribution in [3.63, 3.8) is 0 Å². The zero-order valence-corrected chi connectivity index (χ0v) is 10.5. The number of carbonyl (C=O) groups excluding carboxylic acids is 1. The van der Waals surface area contributed by atoms with E-state index in [1.807, 2.05) is 44.2 Å². The molecule has 96 valence electrons. The summed E-state index contributed by atoms with van der Waals surface area (Å²) in [6.45, 7) is 3.98. The molecule has 0 radical (unpaired) electrons. The SMILES string of the molecule is CC(C)/C=C(/C(=O)O)C(=O)NCc1ccccc1. The van der Waals surface area contributed by atoms with Crippen LogP contribution in [0.15, 0.2) is 42.0 Å². The van der Waals surface area contributed by atoms with E-state index in [1.54, 1.807) is 0 Å². The normalized spacial score (nSPS) is 11.4. The fourth-order valence-corrected chi connectivity index (χ4v) is 1.45. The Morgan fingerprint density at radius 1 is 1.28 bits per heavy atom. The molecule has 0 spiro atoms. The van der Waals surface area contributed by atoms with Gasteiger partial charge in [0, 0.05) is 6.54 Å². The average molecular weight is 247 g/mol. The van der Waals surface area contributed by atoms with E-state index >= 15 is 0 Å². The van der Waals surface area contributed by atoms with Crippen LogP contribution in [0.4, 0.5) is 0 Å². The van der Waals surface area contributed by atoms with Crippen LogP contribution < -0.4 is 5.32 Å². The van der Waals surface area contributed by atoms with E-state index in [9.17, 15) is 9.59 Å². The Kier molecular flexibility index (Phi) is 5.11. The highest BCUT2D eigenvalue weighted by Crippen LogP contribution is 2.04. The predicted octanol–water partition coefficient (Wildman–Crippen LogP) is 1.97. The molecule has 2 N–H and O–H groups in total. The Labute approximate surface area is 106 Å². The van der Waals surface area contributed by atoms with Crippen molar-refractivity contribution in [1.29, 1.82) is 0 Å². The van der Waals surface area contributed by atoms with E-state index in [4.69, 9.17) is 5.11 Å². The number of allylic oxidation sites excluding steroid dienone is 1. The summed E-state index contributed by atoms with van der Waals surface area (Å²) < 4.78 is 0. The van der Waals surface area contributed by atoms with Gasteiger partial charge >= 0.3 is 5.97 Å². The first kappa shape index (κ1) is 14.0. The van der Waals surface area contributed by atoms with Gasteiger partial charge in [0.2, 0.25) is 0 Å². The molecule has 0 saturated heterocycles. The molecule has 0 heterocycles. The van der Waals surface area contributed by atoms with Gasteiger partial charge in [-0.25, -0.2) is 4.79 Å². The van der Waals surface area contributed by atoms with Crippen molar-refractivity contribution in [2.75, 3.05) is 0 Å². The number of carboxylic acids is 1. The maximum absolute atomic E-state index is 11.7. The summed E-state index contributed by atoms with van der Waals surface area (Å²) in [7, 11) is 0. The summed E-state index contributed by atoms with van der Waals surface area (Å²) in [5, 5.41) is 11.6. The second kappa shape index (κ2) is 6.59. The predicted molar refractivity (Wildman–Crippen MR) is 68.8 cm³/mol. The first-order chi connectivity index (χ1) is 8.50. The van der Waals surface area contributed by atoms with E-state index in [-0.39, 0.29) is 11.5 Å². The summed E-state index contributed by atoms with van der Waals surface area (Å²) >= 11 is 0. The average Bonchev–Trinajstić information content (AvgIpc) is 2.34. The van der Waals surface area contributed by atoms with Crippen LogP contribution in [0.25, 0.3) is 0 Å². The monoisotopic (exact) mass is 247 g/mol. The van der Waals surface area contributed by atoms with E-state index in [0.717, 1.165) is 5.56 Å². The summed E-state index contributed by atoms with van der Waals surface area (Å²) in [5.41, 5.74) is 0.723. The second-order valence-corrected chi connectivity index (χ2v) is 4.30. The van der Waals surface area contributed by atoms with Crippen molar-refractivity contribution in [3.8, 4) is 0 Å². The molecule has 0 aliphatic rings. The standard InChI is InChI=1S/C14H17NO3/c1-10(2)8-12(14(17)18)13(16)15-9-11-6-4-3-5-7-11/h3-8,10H,9H2,1-2H3,(H,15,16)(H,17,18)/b12-8+. The van der Waals surface area contributed by atoms with Crippen LogP contribution in [0, 0.1) is 5.92 Å². The maximum atomic E-state index is 11.7. The molecule has 1 amide bonds. The van der Waals surface area contributed by atoms with Gasteiger partial charge in [-0.2, -0.15) is 0 Å². The van der Waals surface area contributed by atoms with Crippen LogP contribution in [0.2, 0.25) is 0 Å². The summed E-state index contributed by atoms with van der Waals surface area (Å²) in [6, 6.07) is 9.35. The zero-order chi connectivity index (χ0) is 13.5. The number of nitrogens with one attached hydrogen (secondary N) is 1. The van der Waals surface area contributed by atoms with Gasteiger partial charge in [0.1, 0.15) is 5.57 Å². The third-order valence-electron chi connectivity index (χ3n) is 2.27. The molecule has 4 nitrogen and oxygen atoms in total. The van der Waals surface area contributed by atoms with Crippen molar-refractivity contribution in [1.82, 2.24) is 5.32 Å². The summed E-state index contributed by atoms with van der Waals surface area (Å²) in [5.74, 6) is -1.74. The number of amides is 1. The molecule has 0 unspecified atom stereocenters. The minimum absolute atomic E-state index is 0.0126. The Balaban J connectivity index is 2.66. The number of carbonyl (C=O) groups is 2. The van der Waals surface area contributed by atoms with E-state index < -0.39 is 11.9 Å². The quantitative estimate of drug-likeness (QED) is 0.475. The third kappa shape index (κ3) is 4.41. The number of aliphatic carboxylic acids is 1. The Hall–Kier alpha value is -2.10. The van der Waals surface area contributed by atoms with Crippen molar-refractivity contribution in [2.24, 2.45) is 5.92 Å². The van der Waals surface area contributed by atoms with E-state index in [0.29, 0.717) is 6.54 Å². The van der Waals surface area contributed by atoms with Gasteiger partial charge < -0.3 is 10.4 Å². The highest BCUT2D eigenvalue weighted by molar-refractivity contribution is 6.15. The lowest BCUT2D eigenvalue weighted by Crippen LogP contribution is -2.28. The van der Waals surface area contributed by atoms with Crippen molar-refractivity contribution >= 4 is 11.9 Å². The summed E-state index contributed by atoms with van der Waals surface area (Å²) in [4.78, 5) is 22.7. The van der Waals surface area contributed by atoms with E-state index in [1.165, 1.54) is 6.08 Å². The van der Waals surface area contributed by atoms with Crippen LogP contribution in [-0.2, 0) is 16.1 Å². The van der Waals surface area contributed by atoms with E-state index in [2.05, 4.69) is 5.32 Å². The molecule has 1 aromatic carbocycles. The van der Waals surface area contributed by atoms with Gasteiger partial charge in [-0.3, -0.25) is 4.79 Å². The van der Waals surface area contributed by atoms with Crippen LogP contribution in [0.3, 0.4) is 0 Å². The van der Waals surface area contributed by atoms with Crippen LogP contribution in [0.1, 0.15) is 19.4 Å². The molecule has 0 aromatic heterocycles. The minimum Gasteiger partial charge on any atom is -0.478 e. The third-order valence-corrected chi connectivity index (χ3v) is 2.27. The fourth-order valence-electron chi connectivity index (χ4n) is 1.45. The molecule has 0 saturated carbocycles. The molecule has 0 atom stereocenters. The van der Waals surface area contributed by atoms with Gasteiger partial charge in [-0.05, 0) is 11.5 Å². The summed E-state index contributed by atoms with van der Waals surface area (Å²) in [6.07, 6.45) is 1.45. The topological polar surface area (TPSA) is 66.4 Å². The van der Waals surface area contributed by atoms with Gasteiger partial charge in [0.25, 0.3) is 5.91 Å². The Morgan fingerprint density at radius 3 is 2.39 bits per heavy atom. The van der Waals surface area contributed by atoms with Crippen LogP contribution in [-0.4, -0.2) is 17.0 Å². The maximum Gasteiger partial charge on any atom is 0.340 e. The zero-order valence-electron chi connectivity index (χ0n) is 10.5. The van der Waals surface area contributed by atoms with Crippen molar-refractivity contribution < 1.29 is 14.7 Å². The highest BCUT2D eigenvalue weighted by Gasteiger charge is 2.17. The molecule has 0 aliphatic carbocycles. The molecular weight excluding hydrogens is 230 g/mol. The first-order valence-corrected chi connectivity index (χ1v) is 5.78. The number of rotatable bonds is 5. The smallest absolute Gasteiger partial charge is 0.340 e. The molecule has 18 heavy (non-hydrogen) atoms. The molecule has 1 aromatic rings. The lowest BCUT2D eigenvalue weighted by atomic mass is 10.1. The highest BCUT2D eigenvalue weighted by atomic mass is 16.4. The molecule has 0 fully saturated rings. The largest absolute Gasteiger partial charge is 0.478 e. The molecule has 4 heteroatoms. The number of carboxylic acid groups (broad SMARTS) is 1. The Bertz CT molecular complexity index is 449. The Morgan fingerprint density at radius 2 is 1.89 bits per heavy atom. The van der Waals surface area contributed by atoms with Gasteiger partial charge in [0.05, 0.1) is 0 Å².